The van der Waals surface area contributed by atoms with Crippen molar-refractivity contribution in [1.82, 2.24) is 15.0 Å². The summed E-state index contributed by atoms with van der Waals surface area (Å²) in [6.07, 6.45) is 3.71. The van der Waals surface area contributed by atoms with Gasteiger partial charge >= 0.3 is 0 Å². The lowest BCUT2D eigenvalue weighted by Crippen LogP contribution is -2.12. The first-order valence-electron chi connectivity index (χ1n) is 8.94. The molecule has 2 aromatic heterocycles. The fourth-order valence-corrected chi connectivity index (χ4v) is 2.66. The van der Waals surface area contributed by atoms with Crippen LogP contribution >= 0.6 is 0 Å². The maximum absolute atomic E-state index is 14.0. The summed E-state index contributed by atoms with van der Waals surface area (Å²) < 4.78 is 28.0. The first-order valence-corrected chi connectivity index (χ1v) is 8.94. The van der Waals surface area contributed by atoms with E-state index in [0.717, 1.165) is 6.20 Å². The Labute approximate surface area is 166 Å². The molecule has 0 aliphatic carbocycles. The van der Waals surface area contributed by atoms with Gasteiger partial charge in [-0.05, 0) is 31.2 Å². The minimum Gasteiger partial charge on any atom is -0.340 e. The molecule has 0 unspecified atom stereocenters. The van der Waals surface area contributed by atoms with Gasteiger partial charge < -0.3 is 10.7 Å². The fourth-order valence-electron chi connectivity index (χ4n) is 2.66. The number of para-hydroxylation sites is 1. The Morgan fingerprint density at radius 2 is 1.97 bits per heavy atom. The minimum atomic E-state index is -2.98. The molecule has 6 nitrogen and oxygen atoms in total. The van der Waals surface area contributed by atoms with E-state index in [1.807, 2.05) is 0 Å². The number of halogens is 2. The molecule has 1 aromatic carbocycles. The number of carbonyl (C=O) groups is 1. The van der Waals surface area contributed by atoms with Crippen molar-refractivity contribution < 1.29 is 13.6 Å². The van der Waals surface area contributed by atoms with Gasteiger partial charge in [-0.3, -0.25) is 9.78 Å². The van der Waals surface area contributed by atoms with Gasteiger partial charge in [-0.2, -0.15) is 0 Å². The fraction of sp³-hybridized carbons (Fsp3) is 0.190. The van der Waals surface area contributed by atoms with Crippen molar-refractivity contribution in [2.24, 2.45) is 0 Å². The number of ketones is 1. The third-order valence-corrected chi connectivity index (χ3v) is 4.29. The summed E-state index contributed by atoms with van der Waals surface area (Å²) in [6.45, 7) is 2.83. The Hall–Kier alpha value is -3.55. The zero-order valence-corrected chi connectivity index (χ0v) is 15.9. The lowest BCUT2D eigenvalue weighted by atomic mass is 10.1. The number of nitrogens with zero attached hydrogens (tertiary/aromatic N) is 3. The average molecular weight is 395 g/mol. The number of aromatic nitrogens is 3. The minimum absolute atomic E-state index is 0.0811. The molecule has 148 valence electrons. The van der Waals surface area contributed by atoms with E-state index in [0.29, 0.717) is 22.6 Å². The third-order valence-electron chi connectivity index (χ3n) is 4.29. The molecule has 0 aliphatic rings. The van der Waals surface area contributed by atoms with Crippen molar-refractivity contribution in [2.75, 3.05) is 5.32 Å². The number of pyridine rings is 1. The van der Waals surface area contributed by atoms with E-state index in [2.05, 4.69) is 20.3 Å². The van der Waals surface area contributed by atoms with Crippen LogP contribution in [-0.2, 0) is 5.92 Å². The zero-order chi connectivity index (χ0) is 21.0. The Kier molecular flexibility index (Phi) is 5.72. The molecule has 0 bridgehead atoms. The number of Topliss-reactive ketones (excluding diaryl/α,β-unsaturated/α-hetero) is 1. The second-order valence-electron chi connectivity index (χ2n) is 6.41. The highest BCUT2D eigenvalue weighted by atomic mass is 19.3. The topological polar surface area (TPSA) is 91.6 Å². The average Bonchev–Trinajstić information content (AvgIpc) is 2.74. The van der Waals surface area contributed by atoms with E-state index >= 15 is 0 Å². The lowest BCUT2D eigenvalue weighted by molar-refractivity contribution is -0.00857. The van der Waals surface area contributed by atoms with Gasteiger partial charge in [0.1, 0.15) is 5.82 Å². The first kappa shape index (κ1) is 20.2. The monoisotopic (exact) mass is 395 g/mol. The molecule has 0 saturated carbocycles. The Bertz CT molecular complexity index is 1070. The second kappa shape index (κ2) is 8.22. The standard InChI is InChI=1S/C21H19F2N5O/c1-3-21(22,23)15-10-14(11-25-12-15)20-26-9-8-18(28-20)27-17-7-5-4-6-16(17)19(29)13(2)24/h4-12,24H,3H2,1-2H3,(H,26,27,28). The van der Waals surface area contributed by atoms with Crippen LogP contribution < -0.4 is 5.32 Å². The molecule has 8 heteroatoms. The molecule has 2 N–H and O–H groups in total. The quantitative estimate of drug-likeness (QED) is 0.434. The van der Waals surface area contributed by atoms with Crippen LogP contribution in [0.4, 0.5) is 20.3 Å². The number of benzene rings is 1. The Morgan fingerprint density at radius 3 is 2.69 bits per heavy atom. The maximum atomic E-state index is 14.0. The van der Waals surface area contributed by atoms with E-state index in [1.54, 1.807) is 30.3 Å². The van der Waals surface area contributed by atoms with Crippen molar-refractivity contribution in [2.45, 2.75) is 26.2 Å². The summed E-state index contributed by atoms with van der Waals surface area (Å²) in [5.41, 5.74) is 0.905. The molecule has 0 spiro atoms. The van der Waals surface area contributed by atoms with Crippen molar-refractivity contribution in [3.8, 4) is 11.4 Å². The molecule has 29 heavy (non-hydrogen) atoms. The third kappa shape index (κ3) is 4.48. The van der Waals surface area contributed by atoms with Crippen molar-refractivity contribution in [3.63, 3.8) is 0 Å². The molecular weight excluding hydrogens is 376 g/mol. The SMILES string of the molecule is CCC(F)(F)c1cncc(-c2nccc(Nc3ccccc3C(=O)C(C)=N)n2)c1. The maximum Gasteiger partial charge on any atom is 0.274 e. The highest BCUT2D eigenvalue weighted by molar-refractivity contribution is 6.45. The van der Waals surface area contributed by atoms with Crippen molar-refractivity contribution in [1.29, 1.82) is 5.41 Å². The molecule has 0 fully saturated rings. The van der Waals surface area contributed by atoms with E-state index in [9.17, 15) is 13.6 Å². The van der Waals surface area contributed by atoms with Crippen LogP contribution in [-0.4, -0.2) is 26.4 Å². The normalized spacial score (nSPS) is 11.2. The number of carbonyl (C=O) groups excluding carboxylic acids is 1. The van der Waals surface area contributed by atoms with Crippen molar-refractivity contribution >= 4 is 23.0 Å². The Morgan fingerprint density at radius 1 is 1.21 bits per heavy atom. The summed E-state index contributed by atoms with van der Waals surface area (Å²) in [7, 11) is 0. The molecular formula is C21H19F2N5O. The summed E-state index contributed by atoms with van der Waals surface area (Å²) in [6, 6.07) is 9.69. The molecule has 2 heterocycles. The first-order chi connectivity index (χ1) is 13.8. The van der Waals surface area contributed by atoms with Gasteiger partial charge in [-0.15, -0.1) is 0 Å². The molecule has 3 aromatic rings. The van der Waals surface area contributed by atoms with Crippen LogP contribution in [0.3, 0.4) is 0 Å². The number of hydrogen-bond donors (Lipinski definition) is 2. The summed E-state index contributed by atoms with van der Waals surface area (Å²) in [5.74, 6) is -2.78. The predicted octanol–water partition coefficient (Wildman–Crippen LogP) is 5.01. The number of hydrogen-bond acceptors (Lipinski definition) is 6. The van der Waals surface area contributed by atoms with E-state index in [1.165, 1.54) is 32.3 Å². The van der Waals surface area contributed by atoms with Gasteiger partial charge in [0.15, 0.2) is 5.82 Å². The van der Waals surface area contributed by atoms with Crippen molar-refractivity contribution in [3.05, 3.63) is 66.1 Å². The van der Waals surface area contributed by atoms with Crippen LogP contribution in [0, 0.1) is 5.41 Å². The van der Waals surface area contributed by atoms with Crippen LogP contribution in [0.15, 0.2) is 55.0 Å². The van der Waals surface area contributed by atoms with Crippen LogP contribution in [0.1, 0.15) is 36.2 Å². The summed E-state index contributed by atoms with van der Waals surface area (Å²) in [5, 5.41) is 10.6. The zero-order valence-electron chi connectivity index (χ0n) is 15.9. The lowest BCUT2D eigenvalue weighted by Gasteiger charge is -2.14. The number of nitrogens with one attached hydrogen (secondary N) is 2. The second-order valence-corrected chi connectivity index (χ2v) is 6.41. The number of alkyl halides is 2. The Balaban J connectivity index is 1.94. The molecule has 0 aliphatic heterocycles. The molecule has 0 atom stereocenters. The predicted molar refractivity (Wildman–Crippen MR) is 107 cm³/mol. The van der Waals surface area contributed by atoms with E-state index in [4.69, 9.17) is 5.41 Å². The molecule has 3 rings (SSSR count). The van der Waals surface area contributed by atoms with Gasteiger partial charge in [0, 0.05) is 41.7 Å². The number of rotatable bonds is 7. The van der Waals surface area contributed by atoms with Crippen LogP contribution in [0.25, 0.3) is 11.4 Å². The largest absolute Gasteiger partial charge is 0.340 e. The molecule has 0 saturated heterocycles. The van der Waals surface area contributed by atoms with E-state index in [-0.39, 0.29) is 23.5 Å². The van der Waals surface area contributed by atoms with Gasteiger partial charge in [-0.1, -0.05) is 19.1 Å². The van der Waals surface area contributed by atoms with Gasteiger partial charge in [0.05, 0.1) is 11.4 Å². The summed E-state index contributed by atoms with van der Waals surface area (Å²) >= 11 is 0. The smallest absolute Gasteiger partial charge is 0.274 e. The molecule has 0 amide bonds. The van der Waals surface area contributed by atoms with E-state index < -0.39 is 11.7 Å². The van der Waals surface area contributed by atoms with Gasteiger partial charge in [0.25, 0.3) is 5.92 Å². The highest BCUT2D eigenvalue weighted by Crippen LogP contribution is 2.32. The highest BCUT2D eigenvalue weighted by Gasteiger charge is 2.29. The molecule has 0 radical (unpaired) electrons. The number of anilines is 2. The summed E-state index contributed by atoms with van der Waals surface area (Å²) in [4.78, 5) is 24.6. The van der Waals surface area contributed by atoms with Gasteiger partial charge in [-0.25, -0.2) is 18.7 Å². The van der Waals surface area contributed by atoms with Gasteiger partial charge in [0.2, 0.25) is 5.78 Å². The van der Waals surface area contributed by atoms with Crippen LogP contribution in [0.2, 0.25) is 0 Å². The van der Waals surface area contributed by atoms with Crippen LogP contribution in [0.5, 0.6) is 0 Å².